The predicted octanol–water partition coefficient (Wildman–Crippen LogP) is 2.29. The molecule has 2 aliphatic rings. The first-order valence-corrected chi connectivity index (χ1v) is 11.2. The van der Waals surface area contributed by atoms with Crippen molar-refractivity contribution in [3.8, 4) is 0 Å². The SMILES string of the molecule is CC(=O)c1ccc(NC(=O)COC(=O)CN2C(=O)[C@H]3C[C@@H](Br)[C@@H](Br)C[C@H]3C2=O)cc1. The monoisotopic (exact) mass is 542 g/mol. The van der Waals surface area contributed by atoms with Crippen LogP contribution in [-0.4, -0.2) is 57.2 Å². The molecule has 1 saturated heterocycles. The number of hydrogen-bond acceptors (Lipinski definition) is 6. The molecule has 160 valence electrons. The van der Waals surface area contributed by atoms with Gasteiger partial charge in [0, 0.05) is 20.9 Å². The van der Waals surface area contributed by atoms with E-state index in [0.717, 1.165) is 4.90 Å². The zero-order valence-corrected chi connectivity index (χ0v) is 19.3. The van der Waals surface area contributed by atoms with Crippen LogP contribution in [0.1, 0.15) is 30.1 Å². The molecule has 0 spiro atoms. The van der Waals surface area contributed by atoms with Crippen molar-refractivity contribution in [2.45, 2.75) is 29.4 Å². The molecule has 3 rings (SSSR count). The van der Waals surface area contributed by atoms with Crippen LogP contribution in [0.3, 0.4) is 0 Å². The van der Waals surface area contributed by atoms with Crippen molar-refractivity contribution in [2.24, 2.45) is 11.8 Å². The molecular weight excluding hydrogens is 524 g/mol. The molecule has 1 saturated carbocycles. The Morgan fingerprint density at radius 1 is 1.03 bits per heavy atom. The molecule has 8 nitrogen and oxygen atoms in total. The van der Waals surface area contributed by atoms with Crippen molar-refractivity contribution in [1.82, 2.24) is 4.90 Å². The summed E-state index contributed by atoms with van der Waals surface area (Å²) < 4.78 is 4.92. The number of esters is 1. The van der Waals surface area contributed by atoms with Crippen LogP contribution in [0.5, 0.6) is 0 Å². The van der Waals surface area contributed by atoms with Crippen molar-refractivity contribution in [3.05, 3.63) is 29.8 Å². The van der Waals surface area contributed by atoms with Crippen LogP contribution in [0, 0.1) is 11.8 Å². The van der Waals surface area contributed by atoms with Gasteiger partial charge < -0.3 is 10.1 Å². The molecule has 2 fully saturated rings. The Balaban J connectivity index is 1.49. The molecule has 0 aromatic heterocycles. The van der Waals surface area contributed by atoms with Crippen LogP contribution in [0.25, 0.3) is 0 Å². The normalized spacial score (nSPS) is 25.6. The highest BCUT2D eigenvalue weighted by Crippen LogP contribution is 2.43. The Hall–Kier alpha value is -2.07. The van der Waals surface area contributed by atoms with Gasteiger partial charge in [0.05, 0.1) is 11.8 Å². The zero-order chi connectivity index (χ0) is 22.0. The van der Waals surface area contributed by atoms with Gasteiger partial charge >= 0.3 is 5.97 Å². The minimum Gasteiger partial charge on any atom is -0.454 e. The number of fused-ring (bicyclic) bond motifs is 1. The van der Waals surface area contributed by atoms with Gasteiger partial charge in [-0.15, -0.1) is 0 Å². The molecule has 0 bridgehead atoms. The summed E-state index contributed by atoms with van der Waals surface area (Å²) in [5, 5.41) is 2.54. The van der Waals surface area contributed by atoms with Gasteiger partial charge in [0.15, 0.2) is 12.4 Å². The lowest BCUT2D eigenvalue weighted by Gasteiger charge is -2.29. The number of likely N-dealkylation sites (tertiary alicyclic amines) is 1. The summed E-state index contributed by atoms with van der Waals surface area (Å²) in [4.78, 5) is 61.5. The minimum atomic E-state index is -0.830. The number of alkyl halides is 2. The number of carbonyl (C=O) groups is 5. The van der Waals surface area contributed by atoms with E-state index in [1.807, 2.05) is 0 Å². The van der Waals surface area contributed by atoms with E-state index in [9.17, 15) is 24.0 Å². The van der Waals surface area contributed by atoms with E-state index in [0.29, 0.717) is 24.1 Å². The number of Topliss-reactive ketones (excluding diaryl/α,β-unsaturated/α-hetero) is 1. The Bertz CT molecular complexity index is 860. The Kier molecular flexibility index (Phi) is 7.07. The van der Waals surface area contributed by atoms with Gasteiger partial charge in [-0.25, -0.2) is 0 Å². The lowest BCUT2D eigenvalue weighted by molar-refractivity contribution is -0.154. The van der Waals surface area contributed by atoms with E-state index in [1.54, 1.807) is 24.3 Å². The first-order chi connectivity index (χ1) is 14.2. The van der Waals surface area contributed by atoms with E-state index in [4.69, 9.17) is 4.74 Å². The van der Waals surface area contributed by atoms with Crippen molar-refractivity contribution in [2.75, 3.05) is 18.5 Å². The third-order valence-electron chi connectivity index (χ3n) is 5.23. The number of imide groups is 1. The van der Waals surface area contributed by atoms with Crippen LogP contribution < -0.4 is 5.32 Å². The quantitative estimate of drug-likeness (QED) is 0.255. The zero-order valence-electron chi connectivity index (χ0n) is 16.1. The van der Waals surface area contributed by atoms with Gasteiger partial charge in [-0.3, -0.25) is 28.9 Å². The number of ether oxygens (including phenoxy) is 1. The number of halogens is 2. The van der Waals surface area contributed by atoms with E-state index in [1.165, 1.54) is 6.92 Å². The standard InChI is InChI=1S/C20H20Br2N2O6/c1-10(25)11-2-4-12(5-3-11)23-17(26)9-30-18(27)8-24-19(28)13-6-15(21)16(22)7-14(13)20(24)29/h2-5,13-16H,6-9H2,1H3,(H,23,26)/t13-,14+,15+,16-. The Labute approximate surface area is 189 Å². The average Bonchev–Trinajstić information content (AvgIpc) is 2.91. The fraction of sp³-hybridized carbons (Fsp3) is 0.450. The molecule has 30 heavy (non-hydrogen) atoms. The van der Waals surface area contributed by atoms with Crippen LogP contribution in [0.4, 0.5) is 5.69 Å². The first kappa shape index (κ1) is 22.6. The van der Waals surface area contributed by atoms with E-state index in [-0.39, 0.29) is 27.3 Å². The summed E-state index contributed by atoms with van der Waals surface area (Å²) in [6.45, 7) is 0.378. The summed E-state index contributed by atoms with van der Waals surface area (Å²) in [6, 6.07) is 6.27. The smallest absolute Gasteiger partial charge is 0.326 e. The molecule has 1 aromatic carbocycles. The maximum Gasteiger partial charge on any atom is 0.326 e. The lowest BCUT2D eigenvalue weighted by atomic mass is 9.81. The summed E-state index contributed by atoms with van der Waals surface area (Å²) in [5.41, 5.74) is 0.959. The van der Waals surface area contributed by atoms with Gasteiger partial charge in [0.1, 0.15) is 6.54 Å². The number of hydrogen-bond donors (Lipinski definition) is 1. The molecule has 0 unspecified atom stereocenters. The number of benzene rings is 1. The van der Waals surface area contributed by atoms with Gasteiger partial charge in [-0.1, -0.05) is 31.9 Å². The van der Waals surface area contributed by atoms with Crippen molar-refractivity contribution < 1.29 is 28.7 Å². The molecule has 3 amide bonds. The van der Waals surface area contributed by atoms with E-state index in [2.05, 4.69) is 37.2 Å². The second-order valence-corrected chi connectivity index (χ2v) is 9.67. The van der Waals surface area contributed by atoms with Crippen LogP contribution >= 0.6 is 31.9 Å². The van der Waals surface area contributed by atoms with Crippen molar-refractivity contribution >= 4 is 67.0 Å². The molecule has 1 aliphatic carbocycles. The topological polar surface area (TPSA) is 110 Å². The predicted molar refractivity (Wildman–Crippen MR) is 114 cm³/mol. The highest BCUT2D eigenvalue weighted by atomic mass is 79.9. The molecule has 1 heterocycles. The van der Waals surface area contributed by atoms with Crippen molar-refractivity contribution in [1.29, 1.82) is 0 Å². The largest absolute Gasteiger partial charge is 0.454 e. The van der Waals surface area contributed by atoms with Crippen LogP contribution in [0.2, 0.25) is 0 Å². The first-order valence-electron chi connectivity index (χ1n) is 9.37. The van der Waals surface area contributed by atoms with Gasteiger partial charge in [0.2, 0.25) is 11.8 Å². The summed E-state index contributed by atoms with van der Waals surface area (Å²) in [6.07, 6.45) is 1.03. The molecule has 1 aliphatic heterocycles. The second-order valence-electron chi connectivity index (χ2n) is 7.32. The number of ketones is 1. The highest BCUT2D eigenvalue weighted by molar-refractivity contribution is 9.12. The number of anilines is 1. The minimum absolute atomic E-state index is 0.0793. The maximum atomic E-state index is 12.6. The van der Waals surface area contributed by atoms with E-state index < -0.39 is 36.9 Å². The fourth-order valence-electron chi connectivity index (χ4n) is 3.63. The average molecular weight is 544 g/mol. The number of amides is 3. The summed E-state index contributed by atoms with van der Waals surface area (Å²) in [7, 11) is 0. The molecule has 1 aromatic rings. The van der Waals surface area contributed by atoms with Gasteiger partial charge in [-0.05, 0) is 44.0 Å². The fourth-order valence-corrected chi connectivity index (χ4v) is 4.86. The third-order valence-corrected chi connectivity index (χ3v) is 7.96. The highest BCUT2D eigenvalue weighted by Gasteiger charge is 2.52. The second kappa shape index (κ2) is 9.38. The van der Waals surface area contributed by atoms with Crippen molar-refractivity contribution in [3.63, 3.8) is 0 Å². The maximum absolute atomic E-state index is 12.6. The van der Waals surface area contributed by atoms with E-state index >= 15 is 0 Å². The molecule has 4 atom stereocenters. The lowest BCUT2D eigenvalue weighted by Crippen LogP contribution is -2.37. The number of rotatable bonds is 6. The van der Waals surface area contributed by atoms with Crippen LogP contribution in [0.15, 0.2) is 24.3 Å². The Morgan fingerprint density at radius 2 is 1.57 bits per heavy atom. The Morgan fingerprint density at radius 3 is 2.07 bits per heavy atom. The number of nitrogens with one attached hydrogen (secondary N) is 1. The third kappa shape index (κ3) is 4.97. The molecular formula is C20H20Br2N2O6. The number of nitrogens with zero attached hydrogens (tertiary/aromatic N) is 1. The number of carbonyl (C=O) groups excluding carboxylic acids is 5. The molecule has 1 N–H and O–H groups in total. The van der Waals surface area contributed by atoms with Crippen LogP contribution in [-0.2, 0) is 23.9 Å². The molecule has 0 radical (unpaired) electrons. The van der Waals surface area contributed by atoms with Gasteiger partial charge in [0.25, 0.3) is 5.91 Å². The van der Waals surface area contributed by atoms with Gasteiger partial charge in [-0.2, -0.15) is 0 Å². The molecule has 10 heteroatoms. The summed E-state index contributed by atoms with van der Waals surface area (Å²) in [5.74, 6) is -3.12. The summed E-state index contributed by atoms with van der Waals surface area (Å²) >= 11 is 7.01.